The van der Waals surface area contributed by atoms with Gasteiger partial charge in [0.25, 0.3) is 0 Å². The van der Waals surface area contributed by atoms with E-state index in [0.717, 1.165) is 38.5 Å². The third kappa shape index (κ3) is 8.29. The van der Waals surface area contributed by atoms with Crippen molar-refractivity contribution in [2.45, 2.75) is 51.4 Å². The number of carboxylic acids is 1. The molecule has 0 saturated heterocycles. The van der Waals surface area contributed by atoms with Crippen LogP contribution in [0.2, 0.25) is 0 Å². The molecule has 1 amide bonds. The third-order valence-corrected chi connectivity index (χ3v) is 3.44. The van der Waals surface area contributed by atoms with E-state index in [9.17, 15) is 9.59 Å². The molecule has 0 radical (unpaired) electrons. The average molecular weight is 307 g/mol. The molecule has 22 heavy (non-hydrogen) atoms. The lowest BCUT2D eigenvalue weighted by atomic mass is 10.1. The molecule has 0 saturated carbocycles. The van der Waals surface area contributed by atoms with Crippen LogP contribution in [0.15, 0.2) is 24.3 Å². The first-order valence-electron chi connectivity index (χ1n) is 7.84. The fraction of sp³-hybridized carbons (Fsp3) is 0.529. The van der Waals surface area contributed by atoms with Gasteiger partial charge in [-0.25, -0.2) is 4.79 Å². The predicted molar refractivity (Wildman–Crippen MR) is 85.0 cm³/mol. The number of hydrogen-bond donors (Lipinski definition) is 2. The summed E-state index contributed by atoms with van der Waals surface area (Å²) in [6.45, 7) is 0.647. The molecule has 0 unspecified atom stereocenters. The van der Waals surface area contributed by atoms with Crippen molar-refractivity contribution in [3.8, 4) is 5.75 Å². The monoisotopic (exact) mass is 307 g/mol. The summed E-state index contributed by atoms with van der Waals surface area (Å²) in [6.07, 6.45) is 8.04. The summed E-state index contributed by atoms with van der Waals surface area (Å²) in [5.74, 6) is -0.438. The highest BCUT2D eigenvalue weighted by atomic mass is 16.5. The molecule has 0 atom stereocenters. The highest BCUT2D eigenvalue weighted by molar-refractivity contribution is 5.87. The van der Waals surface area contributed by atoms with Crippen LogP contribution in [-0.4, -0.2) is 23.6 Å². The van der Waals surface area contributed by atoms with Gasteiger partial charge in [0.1, 0.15) is 5.75 Å². The molecule has 1 aromatic carbocycles. The van der Waals surface area contributed by atoms with Crippen molar-refractivity contribution in [3.63, 3.8) is 0 Å². The highest BCUT2D eigenvalue weighted by Gasteiger charge is 2.02. The number of carbonyl (C=O) groups excluding carboxylic acids is 1. The molecule has 5 heteroatoms. The van der Waals surface area contributed by atoms with Gasteiger partial charge >= 0.3 is 5.97 Å². The number of nitrogens with two attached hydrogens (primary N) is 1. The Kier molecular flexibility index (Phi) is 8.72. The summed E-state index contributed by atoms with van der Waals surface area (Å²) >= 11 is 0. The molecule has 0 fully saturated rings. The summed E-state index contributed by atoms with van der Waals surface area (Å²) in [6, 6.07) is 6.46. The molecule has 3 N–H and O–H groups in total. The molecule has 0 aromatic heterocycles. The number of carbonyl (C=O) groups is 2. The van der Waals surface area contributed by atoms with Crippen LogP contribution in [0.4, 0.5) is 0 Å². The lowest BCUT2D eigenvalue weighted by molar-refractivity contribution is -0.118. The van der Waals surface area contributed by atoms with Gasteiger partial charge in [-0.1, -0.05) is 32.1 Å². The van der Waals surface area contributed by atoms with Gasteiger partial charge in [0, 0.05) is 6.42 Å². The van der Waals surface area contributed by atoms with Crippen LogP contribution in [0.3, 0.4) is 0 Å². The molecule has 0 spiro atoms. The molecular formula is C17H25NO4. The Labute approximate surface area is 131 Å². The third-order valence-electron chi connectivity index (χ3n) is 3.44. The van der Waals surface area contributed by atoms with E-state index < -0.39 is 5.97 Å². The number of rotatable bonds is 12. The van der Waals surface area contributed by atoms with E-state index in [2.05, 4.69) is 0 Å². The maximum Gasteiger partial charge on any atom is 0.335 e. The number of hydrogen-bond acceptors (Lipinski definition) is 3. The number of carboxylic acid groups (broad SMARTS) is 1. The molecule has 1 aromatic rings. The number of amides is 1. The quantitative estimate of drug-likeness (QED) is 0.579. The van der Waals surface area contributed by atoms with Crippen LogP contribution in [0.25, 0.3) is 0 Å². The van der Waals surface area contributed by atoms with Crippen molar-refractivity contribution in [2.24, 2.45) is 5.73 Å². The van der Waals surface area contributed by atoms with E-state index in [4.69, 9.17) is 15.6 Å². The number of aromatic carboxylic acids is 1. The van der Waals surface area contributed by atoms with Gasteiger partial charge in [-0.15, -0.1) is 0 Å². The molecule has 0 aliphatic rings. The average Bonchev–Trinajstić information content (AvgIpc) is 2.49. The zero-order valence-corrected chi connectivity index (χ0v) is 12.9. The number of ether oxygens (including phenoxy) is 1. The zero-order chi connectivity index (χ0) is 16.2. The fourth-order valence-corrected chi connectivity index (χ4v) is 2.17. The molecule has 0 aliphatic carbocycles. The number of benzene rings is 1. The number of unbranched alkanes of at least 4 members (excludes halogenated alkanes) is 6. The normalized spacial score (nSPS) is 10.4. The van der Waals surface area contributed by atoms with Gasteiger partial charge < -0.3 is 15.6 Å². The molecule has 122 valence electrons. The van der Waals surface area contributed by atoms with Gasteiger partial charge in [0.2, 0.25) is 5.91 Å². The topological polar surface area (TPSA) is 89.6 Å². The van der Waals surface area contributed by atoms with Crippen molar-refractivity contribution < 1.29 is 19.4 Å². The van der Waals surface area contributed by atoms with Crippen molar-refractivity contribution in [3.05, 3.63) is 29.8 Å². The van der Waals surface area contributed by atoms with Crippen molar-refractivity contribution >= 4 is 11.9 Å². The van der Waals surface area contributed by atoms with Crippen LogP contribution in [-0.2, 0) is 4.79 Å². The van der Waals surface area contributed by atoms with Crippen LogP contribution >= 0.6 is 0 Å². The summed E-state index contributed by atoms with van der Waals surface area (Å²) in [7, 11) is 0. The SMILES string of the molecule is NC(=O)CCCCCCCCCOc1ccc(C(=O)O)cc1. The Morgan fingerprint density at radius 2 is 1.45 bits per heavy atom. The second-order valence-corrected chi connectivity index (χ2v) is 5.37. The second kappa shape index (κ2) is 10.7. The molecule has 0 aliphatic heterocycles. The van der Waals surface area contributed by atoms with Gasteiger partial charge in [-0.2, -0.15) is 0 Å². The van der Waals surface area contributed by atoms with E-state index in [0.29, 0.717) is 18.8 Å². The molecule has 0 heterocycles. The molecular weight excluding hydrogens is 282 g/mol. The first kappa shape index (κ1) is 18.0. The van der Waals surface area contributed by atoms with Crippen LogP contribution < -0.4 is 10.5 Å². The Bertz CT molecular complexity index is 456. The van der Waals surface area contributed by atoms with Gasteiger partial charge in [-0.3, -0.25) is 4.79 Å². The number of primary amides is 1. The van der Waals surface area contributed by atoms with Crippen LogP contribution in [0.5, 0.6) is 5.75 Å². The van der Waals surface area contributed by atoms with E-state index in [-0.39, 0.29) is 11.5 Å². The van der Waals surface area contributed by atoms with E-state index in [1.54, 1.807) is 24.3 Å². The minimum absolute atomic E-state index is 0.214. The smallest absolute Gasteiger partial charge is 0.335 e. The largest absolute Gasteiger partial charge is 0.494 e. The minimum atomic E-state index is -0.928. The first-order valence-corrected chi connectivity index (χ1v) is 7.84. The minimum Gasteiger partial charge on any atom is -0.494 e. The lowest BCUT2D eigenvalue weighted by Gasteiger charge is -2.06. The summed E-state index contributed by atoms with van der Waals surface area (Å²) in [5.41, 5.74) is 5.34. The zero-order valence-electron chi connectivity index (χ0n) is 12.9. The second-order valence-electron chi connectivity index (χ2n) is 5.37. The van der Waals surface area contributed by atoms with Crippen LogP contribution in [0, 0.1) is 0 Å². The molecule has 1 rings (SSSR count). The van der Waals surface area contributed by atoms with E-state index in [1.807, 2.05) is 0 Å². The van der Waals surface area contributed by atoms with Crippen molar-refractivity contribution in [2.75, 3.05) is 6.61 Å². The summed E-state index contributed by atoms with van der Waals surface area (Å²) < 4.78 is 5.57. The maximum absolute atomic E-state index is 10.7. The molecule has 5 nitrogen and oxygen atoms in total. The van der Waals surface area contributed by atoms with Crippen LogP contribution in [0.1, 0.15) is 61.7 Å². The lowest BCUT2D eigenvalue weighted by Crippen LogP contribution is -2.09. The Balaban J connectivity index is 1.97. The maximum atomic E-state index is 10.7. The molecule has 0 bridgehead atoms. The summed E-state index contributed by atoms with van der Waals surface area (Å²) in [4.78, 5) is 21.3. The van der Waals surface area contributed by atoms with Crippen molar-refractivity contribution in [1.29, 1.82) is 0 Å². The Morgan fingerprint density at radius 1 is 0.909 bits per heavy atom. The fourth-order valence-electron chi connectivity index (χ4n) is 2.17. The summed E-state index contributed by atoms with van der Waals surface area (Å²) in [5, 5.41) is 8.79. The highest BCUT2D eigenvalue weighted by Crippen LogP contribution is 2.13. The van der Waals surface area contributed by atoms with Gasteiger partial charge in [0.15, 0.2) is 0 Å². The van der Waals surface area contributed by atoms with E-state index >= 15 is 0 Å². The Morgan fingerprint density at radius 3 is 2.00 bits per heavy atom. The van der Waals surface area contributed by atoms with Gasteiger partial charge in [0.05, 0.1) is 12.2 Å². The predicted octanol–water partition coefficient (Wildman–Crippen LogP) is 3.37. The first-order chi connectivity index (χ1) is 10.6. The van der Waals surface area contributed by atoms with Crippen molar-refractivity contribution in [1.82, 2.24) is 0 Å². The standard InChI is InChI=1S/C17H25NO4/c18-16(19)8-6-4-2-1-3-5-7-13-22-15-11-9-14(10-12-15)17(20)21/h9-12H,1-8,13H2,(H2,18,19)(H,20,21). The Hall–Kier alpha value is -2.04. The van der Waals surface area contributed by atoms with E-state index in [1.165, 1.54) is 6.42 Å². The van der Waals surface area contributed by atoms with Gasteiger partial charge in [-0.05, 0) is 37.1 Å².